The Morgan fingerprint density at radius 2 is 1.54 bits per heavy atom. The van der Waals surface area contributed by atoms with Gasteiger partial charge in [0.15, 0.2) is 0 Å². The van der Waals surface area contributed by atoms with Crippen LogP contribution in [0.25, 0.3) is 17.0 Å². The summed E-state index contributed by atoms with van der Waals surface area (Å²) in [6.45, 7) is 15.2. The van der Waals surface area contributed by atoms with Crippen LogP contribution in [0.1, 0.15) is 90.0 Å². The normalized spacial score (nSPS) is 17.6. The molecule has 1 aromatic heterocycles. The number of rotatable bonds is 7. The van der Waals surface area contributed by atoms with E-state index >= 15 is 0 Å². The van der Waals surface area contributed by atoms with Crippen LogP contribution in [-0.4, -0.2) is 75.6 Å². The van der Waals surface area contributed by atoms with E-state index in [1.54, 1.807) is 4.90 Å². The van der Waals surface area contributed by atoms with Gasteiger partial charge in [-0.05, 0) is 116 Å². The topological polar surface area (TPSA) is 76.9 Å². The number of piperidine rings is 2. The molecule has 1 amide bonds. The second-order valence-electron chi connectivity index (χ2n) is 14.7. The zero-order valence-corrected chi connectivity index (χ0v) is 28.2. The molecule has 8 nitrogen and oxygen atoms in total. The van der Waals surface area contributed by atoms with E-state index in [4.69, 9.17) is 14.6 Å². The second-order valence-corrected chi connectivity index (χ2v) is 14.7. The van der Waals surface area contributed by atoms with Gasteiger partial charge in [0, 0.05) is 24.4 Å². The predicted octanol–water partition coefficient (Wildman–Crippen LogP) is 7.41. The minimum atomic E-state index is -0.491. The molecule has 2 aromatic carbocycles. The Labute approximate surface area is 272 Å². The van der Waals surface area contributed by atoms with Crippen LogP contribution in [0.4, 0.5) is 9.18 Å². The zero-order chi connectivity index (χ0) is 33.1. The van der Waals surface area contributed by atoms with Crippen LogP contribution in [0.15, 0.2) is 48.5 Å². The van der Waals surface area contributed by atoms with E-state index < -0.39 is 11.2 Å². The third-order valence-electron chi connectivity index (χ3n) is 8.55. The number of hydrogen-bond donors (Lipinski definition) is 0. The number of carbonyl (C=O) groups is 2. The van der Waals surface area contributed by atoms with Crippen LogP contribution < -0.4 is 0 Å². The standard InChI is InChI=1S/C37H49FN4O4/c1-36(2,3)45-33(43)25-40-19-17-29(18-20-40)34-31-14-11-27(23-32(31)42(39-34)24-28-9-12-30(38)13-10-28)8-7-26-15-21-41(22-16-26)35(44)46-37(4,5)6/h7-14,23,26,29H,15-22,24-25H2,1-6H3. The fraction of sp³-hybridized carbons (Fsp3) is 0.541. The molecule has 0 unspecified atom stereocenters. The fourth-order valence-electron chi connectivity index (χ4n) is 6.27. The highest BCUT2D eigenvalue weighted by Gasteiger charge is 2.28. The molecule has 2 saturated heterocycles. The van der Waals surface area contributed by atoms with E-state index in [-0.39, 0.29) is 23.8 Å². The van der Waals surface area contributed by atoms with Gasteiger partial charge in [-0.2, -0.15) is 5.10 Å². The molecule has 0 spiro atoms. The first-order chi connectivity index (χ1) is 21.7. The molecule has 0 atom stereocenters. The summed E-state index contributed by atoms with van der Waals surface area (Å²) in [5, 5.41) is 6.28. The number of aromatic nitrogens is 2. The average molecular weight is 633 g/mol. The second kappa shape index (κ2) is 14.0. The third kappa shape index (κ3) is 9.18. The summed E-state index contributed by atoms with van der Waals surface area (Å²) in [6, 6.07) is 13.1. The predicted molar refractivity (Wildman–Crippen MR) is 179 cm³/mol. The van der Waals surface area contributed by atoms with Crippen molar-refractivity contribution in [1.29, 1.82) is 0 Å². The highest BCUT2D eigenvalue weighted by atomic mass is 19.1. The van der Waals surface area contributed by atoms with E-state index in [2.05, 4.69) is 35.3 Å². The number of amides is 1. The molecule has 2 fully saturated rings. The van der Waals surface area contributed by atoms with Crippen LogP contribution in [-0.2, 0) is 20.8 Å². The van der Waals surface area contributed by atoms with Crippen molar-refractivity contribution >= 4 is 29.0 Å². The van der Waals surface area contributed by atoms with Gasteiger partial charge < -0.3 is 14.4 Å². The summed E-state index contributed by atoms with van der Waals surface area (Å²) in [6.07, 6.45) is 7.82. The van der Waals surface area contributed by atoms with Crippen molar-refractivity contribution in [3.05, 3.63) is 71.2 Å². The van der Waals surface area contributed by atoms with Crippen molar-refractivity contribution in [1.82, 2.24) is 19.6 Å². The average Bonchev–Trinajstić information content (AvgIpc) is 3.33. The van der Waals surface area contributed by atoms with Crippen molar-refractivity contribution in [2.24, 2.45) is 5.92 Å². The van der Waals surface area contributed by atoms with Crippen LogP contribution in [0.5, 0.6) is 0 Å². The third-order valence-corrected chi connectivity index (χ3v) is 8.55. The molecule has 0 bridgehead atoms. The van der Waals surface area contributed by atoms with Gasteiger partial charge in [-0.25, -0.2) is 9.18 Å². The molecular formula is C37H49FN4O4. The van der Waals surface area contributed by atoms with Crippen molar-refractivity contribution in [2.75, 3.05) is 32.7 Å². The summed E-state index contributed by atoms with van der Waals surface area (Å²) in [4.78, 5) is 28.8. The van der Waals surface area contributed by atoms with E-state index in [0.717, 1.165) is 66.5 Å². The monoisotopic (exact) mass is 632 g/mol. The minimum absolute atomic E-state index is 0.186. The molecule has 0 saturated carbocycles. The number of esters is 1. The Hall–Kier alpha value is -3.72. The summed E-state index contributed by atoms with van der Waals surface area (Å²) in [7, 11) is 0. The molecule has 3 heterocycles. The van der Waals surface area contributed by atoms with Gasteiger partial charge in [0.1, 0.15) is 17.0 Å². The van der Waals surface area contributed by atoms with Crippen LogP contribution in [0.2, 0.25) is 0 Å². The van der Waals surface area contributed by atoms with Crippen molar-refractivity contribution in [3.8, 4) is 0 Å². The molecule has 2 aliphatic rings. The first-order valence-corrected chi connectivity index (χ1v) is 16.6. The first-order valence-electron chi connectivity index (χ1n) is 16.6. The number of hydrogen-bond acceptors (Lipinski definition) is 6. The maximum absolute atomic E-state index is 13.6. The summed E-state index contributed by atoms with van der Waals surface area (Å²) in [5.41, 5.74) is 3.24. The number of nitrogens with zero attached hydrogens (tertiary/aromatic N) is 4. The van der Waals surface area contributed by atoms with E-state index in [1.165, 1.54) is 12.1 Å². The highest BCUT2D eigenvalue weighted by Crippen LogP contribution is 2.34. The molecule has 0 N–H and O–H groups in total. The molecule has 5 rings (SSSR count). The largest absolute Gasteiger partial charge is 0.459 e. The summed E-state index contributed by atoms with van der Waals surface area (Å²) >= 11 is 0. The van der Waals surface area contributed by atoms with Gasteiger partial charge in [-0.1, -0.05) is 36.4 Å². The zero-order valence-electron chi connectivity index (χ0n) is 28.2. The van der Waals surface area contributed by atoms with Gasteiger partial charge in [-0.3, -0.25) is 14.4 Å². The molecule has 248 valence electrons. The number of ether oxygens (including phenoxy) is 2. The lowest BCUT2D eigenvalue weighted by Gasteiger charge is -2.32. The van der Waals surface area contributed by atoms with E-state index in [0.29, 0.717) is 32.1 Å². The number of likely N-dealkylation sites (tertiary alicyclic amines) is 2. The molecule has 2 aliphatic heterocycles. The minimum Gasteiger partial charge on any atom is -0.459 e. The Balaban J connectivity index is 1.30. The summed E-state index contributed by atoms with van der Waals surface area (Å²) in [5.74, 6) is 0.231. The van der Waals surface area contributed by atoms with Gasteiger partial charge in [0.2, 0.25) is 0 Å². The number of carbonyl (C=O) groups excluding carboxylic acids is 2. The number of halogens is 1. The van der Waals surface area contributed by atoms with Crippen LogP contribution >= 0.6 is 0 Å². The van der Waals surface area contributed by atoms with Crippen molar-refractivity contribution in [3.63, 3.8) is 0 Å². The molecule has 0 aliphatic carbocycles. The Kier molecular flexibility index (Phi) is 10.2. The van der Waals surface area contributed by atoms with Gasteiger partial charge >= 0.3 is 12.1 Å². The maximum Gasteiger partial charge on any atom is 0.410 e. The van der Waals surface area contributed by atoms with Gasteiger partial charge in [0.05, 0.1) is 24.3 Å². The lowest BCUT2D eigenvalue weighted by molar-refractivity contribution is -0.156. The lowest BCUT2D eigenvalue weighted by Crippen LogP contribution is -2.41. The van der Waals surface area contributed by atoms with E-state index in [9.17, 15) is 14.0 Å². The SMILES string of the molecule is CC(C)(C)OC(=O)CN1CCC(c2nn(Cc3ccc(F)cc3)c3cc(C=CC4CCN(C(=O)OC(C)(C)C)CC4)ccc23)CC1. The molecule has 3 aromatic rings. The Bertz CT molecular complexity index is 1530. The number of benzene rings is 2. The number of allylic oxidation sites excluding steroid dienone is 1. The molecular weight excluding hydrogens is 583 g/mol. The first kappa shape index (κ1) is 33.6. The highest BCUT2D eigenvalue weighted by molar-refractivity contribution is 5.85. The lowest BCUT2D eigenvalue weighted by atomic mass is 9.91. The molecule has 0 radical (unpaired) electrons. The van der Waals surface area contributed by atoms with E-state index in [1.807, 2.05) is 58.4 Å². The summed E-state index contributed by atoms with van der Waals surface area (Å²) < 4.78 is 26.8. The van der Waals surface area contributed by atoms with Gasteiger partial charge in [0.25, 0.3) is 0 Å². The fourth-order valence-corrected chi connectivity index (χ4v) is 6.27. The number of fused-ring (bicyclic) bond motifs is 1. The molecule has 46 heavy (non-hydrogen) atoms. The van der Waals surface area contributed by atoms with Gasteiger partial charge in [-0.15, -0.1) is 0 Å². The molecule has 9 heteroatoms. The quantitative estimate of drug-likeness (QED) is 0.253. The maximum atomic E-state index is 13.6. The smallest absolute Gasteiger partial charge is 0.410 e. The van der Waals surface area contributed by atoms with Crippen molar-refractivity contribution < 1.29 is 23.5 Å². The van der Waals surface area contributed by atoms with Crippen molar-refractivity contribution in [2.45, 2.75) is 90.9 Å². The van der Waals surface area contributed by atoms with Crippen LogP contribution in [0, 0.1) is 11.7 Å². The van der Waals surface area contributed by atoms with Crippen LogP contribution in [0.3, 0.4) is 0 Å². The Morgan fingerprint density at radius 1 is 0.891 bits per heavy atom. The Morgan fingerprint density at radius 3 is 2.17 bits per heavy atom.